The number of hydrogen-bond donors (Lipinski definition) is 4. The summed E-state index contributed by atoms with van der Waals surface area (Å²) in [5.41, 5.74) is 1.86. The van der Waals surface area contributed by atoms with Crippen molar-refractivity contribution in [3.8, 4) is 5.75 Å². The molecule has 35 heavy (non-hydrogen) atoms. The second-order valence-corrected chi connectivity index (χ2v) is 10.3. The third-order valence-electron chi connectivity index (χ3n) is 6.13. The Labute approximate surface area is 201 Å². The molecular formula is C23H25N5O6S. The van der Waals surface area contributed by atoms with Gasteiger partial charge in [-0.2, -0.15) is 8.42 Å². The maximum Gasteiger partial charge on any atom is 0.407 e. The number of imidazole rings is 1. The Morgan fingerprint density at radius 1 is 1.06 bits per heavy atom. The van der Waals surface area contributed by atoms with Gasteiger partial charge in [0, 0.05) is 36.8 Å². The van der Waals surface area contributed by atoms with Crippen LogP contribution in [0.25, 0.3) is 11.0 Å². The molecule has 3 aromatic rings. The van der Waals surface area contributed by atoms with E-state index in [4.69, 9.17) is 9.29 Å². The summed E-state index contributed by atoms with van der Waals surface area (Å²) in [5.74, 6) is 0.396. The van der Waals surface area contributed by atoms with Gasteiger partial charge in [-0.1, -0.05) is 0 Å². The Kier molecular flexibility index (Phi) is 5.97. The molecule has 12 heteroatoms. The Morgan fingerprint density at radius 3 is 2.43 bits per heavy atom. The molecule has 1 saturated heterocycles. The molecule has 2 aromatic carbocycles. The van der Waals surface area contributed by atoms with Crippen LogP contribution in [0.1, 0.15) is 25.7 Å². The zero-order chi connectivity index (χ0) is 24.6. The standard InChI is InChI=1S/C23H25N5O6S/c29-21(14-1-2-14)27-22-25-19-8-5-17(13-20(19)26-22)34-35(32,33)18-6-3-15(4-7-18)24-16-9-11-28(12-10-16)23(30)31/h3-8,13-14,16,24H,1-2,9-12H2,(H,30,31)(H2,25,26,27,29). The molecule has 0 unspecified atom stereocenters. The van der Waals surface area contributed by atoms with Gasteiger partial charge in [0.1, 0.15) is 10.6 Å². The van der Waals surface area contributed by atoms with E-state index in [0.29, 0.717) is 42.9 Å². The number of H-pyrrole nitrogens is 1. The molecule has 5 rings (SSSR count). The average molecular weight is 500 g/mol. The van der Waals surface area contributed by atoms with Gasteiger partial charge >= 0.3 is 16.2 Å². The second-order valence-electron chi connectivity index (χ2n) is 8.78. The lowest BCUT2D eigenvalue weighted by Gasteiger charge is -2.31. The van der Waals surface area contributed by atoms with Crippen molar-refractivity contribution < 1.29 is 27.3 Å². The van der Waals surface area contributed by atoms with Crippen molar-refractivity contribution in [2.45, 2.75) is 36.6 Å². The van der Waals surface area contributed by atoms with Crippen LogP contribution in [0.2, 0.25) is 0 Å². The molecule has 0 atom stereocenters. The molecule has 4 N–H and O–H groups in total. The highest BCUT2D eigenvalue weighted by Gasteiger charge is 2.30. The lowest BCUT2D eigenvalue weighted by Crippen LogP contribution is -2.41. The number of rotatable bonds is 7. The molecule has 1 aromatic heterocycles. The van der Waals surface area contributed by atoms with E-state index in [9.17, 15) is 18.0 Å². The van der Waals surface area contributed by atoms with E-state index in [1.54, 1.807) is 18.2 Å². The van der Waals surface area contributed by atoms with Gasteiger partial charge in [-0.05, 0) is 62.1 Å². The van der Waals surface area contributed by atoms with Crippen molar-refractivity contribution in [1.29, 1.82) is 0 Å². The summed E-state index contributed by atoms with van der Waals surface area (Å²) in [4.78, 5) is 31.6. The second kappa shape index (κ2) is 9.10. The predicted octanol–water partition coefficient (Wildman–Crippen LogP) is 3.23. The molecule has 0 bridgehead atoms. The molecule has 2 heterocycles. The molecule has 2 aliphatic rings. The van der Waals surface area contributed by atoms with Crippen LogP contribution >= 0.6 is 0 Å². The monoisotopic (exact) mass is 499 g/mol. The van der Waals surface area contributed by atoms with Crippen LogP contribution in [0.4, 0.5) is 16.4 Å². The van der Waals surface area contributed by atoms with Crippen molar-refractivity contribution >= 4 is 44.8 Å². The summed E-state index contributed by atoms with van der Waals surface area (Å²) in [7, 11) is -4.07. The van der Waals surface area contributed by atoms with Gasteiger partial charge in [-0.25, -0.2) is 9.78 Å². The highest BCUT2D eigenvalue weighted by molar-refractivity contribution is 7.87. The Bertz CT molecular complexity index is 1360. The minimum absolute atomic E-state index is 0.00541. The number of aromatic amines is 1. The summed E-state index contributed by atoms with van der Waals surface area (Å²) < 4.78 is 30.9. The van der Waals surface area contributed by atoms with Gasteiger partial charge in [0.15, 0.2) is 0 Å². The SMILES string of the molecule is O=C(Nc1nc2ccc(OS(=O)(=O)c3ccc(NC4CCN(C(=O)O)CC4)cc3)cc2[nH]1)C1CC1. The van der Waals surface area contributed by atoms with Gasteiger partial charge < -0.3 is 24.5 Å². The van der Waals surface area contributed by atoms with E-state index >= 15 is 0 Å². The normalized spacial score (nSPS) is 16.7. The average Bonchev–Trinajstić information content (AvgIpc) is 3.60. The van der Waals surface area contributed by atoms with E-state index in [2.05, 4.69) is 20.6 Å². The zero-order valence-electron chi connectivity index (χ0n) is 18.7. The number of carbonyl (C=O) groups excluding carboxylic acids is 1. The molecule has 0 radical (unpaired) electrons. The number of fused-ring (bicyclic) bond motifs is 1. The van der Waals surface area contributed by atoms with Gasteiger partial charge in [0.05, 0.1) is 11.0 Å². The van der Waals surface area contributed by atoms with Crippen molar-refractivity contribution in [1.82, 2.24) is 14.9 Å². The summed E-state index contributed by atoms with van der Waals surface area (Å²) in [6, 6.07) is 11.0. The minimum atomic E-state index is -4.07. The van der Waals surface area contributed by atoms with Crippen molar-refractivity contribution in [3.63, 3.8) is 0 Å². The number of benzene rings is 2. The number of carbonyl (C=O) groups is 2. The molecule has 1 saturated carbocycles. The zero-order valence-corrected chi connectivity index (χ0v) is 19.5. The number of amides is 2. The summed E-state index contributed by atoms with van der Waals surface area (Å²) in [5, 5.41) is 15.1. The Hall–Kier alpha value is -3.80. The molecule has 1 aliphatic heterocycles. The number of carboxylic acid groups (broad SMARTS) is 1. The van der Waals surface area contributed by atoms with Crippen LogP contribution in [-0.4, -0.2) is 59.5 Å². The number of likely N-dealkylation sites (tertiary alicyclic amines) is 1. The molecule has 2 amide bonds. The quantitative estimate of drug-likeness (QED) is 0.361. The number of piperidine rings is 1. The van der Waals surface area contributed by atoms with Gasteiger partial charge in [0.25, 0.3) is 0 Å². The van der Waals surface area contributed by atoms with E-state index in [1.165, 1.54) is 29.2 Å². The fourth-order valence-electron chi connectivity index (χ4n) is 4.01. The van der Waals surface area contributed by atoms with E-state index in [1.807, 2.05) is 0 Å². The third kappa shape index (κ3) is 5.32. The van der Waals surface area contributed by atoms with Gasteiger partial charge in [-0.15, -0.1) is 0 Å². The van der Waals surface area contributed by atoms with E-state index in [0.717, 1.165) is 18.5 Å². The van der Waals surface area contributed by atoms with Crippen LogP contribution in [0.15, 0.2) is 47.4 Å². The smallest absolute Gasteiger partial charge is 0.407 e. The van der Waals surface area contributed by atoms with Crippen LogP contribution in [0.5, 0.6) is 5.75 Å². The van der Waals surface area contributed by atoms with Crippen LogP contribution in [0, 0.1) is 5.92 Å². The van der Waals surface area contributed by atoms with Crippen molar-refractivity contribution in [3.05, 3.63) is 42.5 Å². The third-order valence-corrected chi connectivity index (χ3v) is 7.39. The molecule has 0 spiro atoms. The lowest BCUT2D eigenvalue weighted by atomic mass is 10.1. The fraction of sp³-hybridized carbons (Fsp3) is 0.348. The Balaban J connectivity index is 1.22. The van der Waals surface area contributed by atoms with E-state index in [-0.39, 0.29) is 28.5 Å². The summed E-state index contributed by atoms with van der Waals surface area (Å²) in [6.45, 7) is 0.921. The number of aromatic nitrogens is 2. The fourth-order valence-corrected chi connectivity index (χ4v) is 4.93. The molecule has 1 aliphatic carbocycles. The first-order chi connectivity index (χ1) is 16.8. The van der Waals surface area contributed by atoms with Gasteiger partial charge in [-0.3, -0.25) is 10.1 Å². The predicted molar refractivity (Wildman–Crippen MR) is 128 cm³/mol. The maximum atomic E-state index is 12.8. The number of nitrogens with one attached hydrogen (secondary N) is 3. The molecule has 184 valence electrons. The molecular weight excluding hydrogens is 474 g/mol. The highest BCUT2D eigenvalue weighted by atomic mass is 32.2. The number of anilines is 2. The first-order valence-electron chi connectivity index (χ1n) is 11.4. The lowest BCUT2D eigenvalue weighted by molar-refractivity contribution is -0.117. The van der Waals surface area contributed by atoms with Crippen LogP contribution in [-0.2, 0) is 14.9 Å². The first kappa shape index (κ1) is 23.0. The van der Waals surface area contributed by atoms with Crippen LogP contribution in [0.3, 0.4) is 0 Å². The summed E-state index contributed by atoms with van der Waals surface area (Å²) in [6.07, 6.45) is 2.20. The maximum absolute atomic E-state index is 12.8. The first-order valence-corrected chi connectivity index (χ1v) is 12.8. The van der Waals surface area contributed by atoms with Crippen molar-refractivity contribution in [2.75, 3.05) is 23.7 Å². The summed E-state index contributed by atoms with van der Waals surface area (Å²) >= 11 is 0. The molecule has 11 nitrogen and oxygen atoms in total. The van der Waals surface area contributed by atoms with Gasteiger partial charge in [0.2, 0.25) is 11.9 Å². The van der Waals surface area contributed by atoms with Crippen molar-refractivity contribution in [2.24, 2.45) is 5.92 Å². The highest BCUT2D eigenvalue weighted by Crippen LogP contribution is 2.30. The largest absolute Gasteiger partial charge is 0.465 e. The van der Waals surface area contributed by atoms with E-state index < -0.39 is 16.2 Å². The van der Waals surface area contributed by atoms with Crippen LogP contribution < -0.4 is 14.8 Å². The molecule has 2 fully saturated rings. The number of hydrogen-bond acceptors (Lipinski definition) is 7. The minimum Gasteiger partial charge on any atom is -0.465 e. The topological polar surface area (TPSA) is 154 Å². The Morgan fingerprint density at radius 2 is 1.77 bits per heavy atom. The number of nitrogens with zero attached hydrogens (tertiary/aromatic N) is 2.